The van der Waals surface area contributed by atoms with Crippen LogP contribution >= 0.6 is 27.3 Å². The van der Waals surface area contributed by atoms with Crippen molar-refractivity contribution in [2.24, 2.45) is 0 Å². The van der Waals surface area contributed by atoms with E-state index in [0.29, 0.717) is 12.1 Å². The summed E-state index contributed by atoms with van der Waals surface area (Å²) >= 11 is 5.04. The molecular weight excluding hydrogens is 348 g/mol. The number of hydrogen-bond acceptors (Lipinski definition) is 3. The topological polar surface area (TPSA) is 42.0 Å². The smallest absolute Gasteiger partial charge is 0.252 e. The first kappa shape index (κ1) is 16.2. The zero-order chi connectivity index (χ0) is 15.5. The fourth-order valence-electron chi connectivity index (χ4n) is 1.79. The fourth-order valence-corrected chi connectivity index (χ4v) is 3.28. The van der Waals surface area contributed by atoms with Crippen molar-refractivity contribution in [3.05, 3.63) is 50.4 Å². The third-order valence-electron chi connectivity index (χ3n) is 3.06. The zero-order valence-electron chi connectivity index (χ0n) is 12.4. The van der Waals surface area contributed by atoms with Crippen molar-refractivity contribution in [1.82, 2.24) is 10.3 Å². The van der Waals surface area contributed by atoms with E-state index in [9.17, 15) is 4.79 Å². The van der Waals surface area contributed by atoms with Crippen LogP contribution in [0.3, 0.4) is 0 Å². The highest BCUT2D eigenvalue weighted by atomic mass is 79.9. The molecule has 1 aromatic heterocycles. The summed E-state index contributed by atoms with van der Waals surface area (Å²) in [6, 6.07) is 7.42. The summed E-state index contributed by atoms with van der Waals surface area (Å²) in [6.07, 6.45) is 0.761. The molecule has 0 saturated heterocycles. The van der Waals surface area contributed by atoms with Crippen LogP contribution in [-0.4, -0.2) is 17.4 Å². The molecule has 0 aliphatic heterocycles. The molecule has 0 fully saturated rings. The summed E-state index contributed by atoms with van der Waals surface area (Å²) in [5, 5.41) is 6.10. The van der Waals surface area contributed by atoms with Crippen LogP contribution in [0.2, 0.25) is 0 Å². The van der Waals surface area contributed by atoms with E-state index in [2.05, 4.69) is 52.4 Å². The quantitative estimate of drug-likeness (QED) is 0.881. The van der Waals surface area contributed by atoms with Gasteiger partial charge in [-0.15, -0.1) is 11.3 Å². The lowest BCUT2D eigenvalue weighted by molar-refractivity contribution is 0.0953. The minimum absolute atomic E-state index is 0.0601. The molecule has 0 bridgehead atoms. The van der Waals surface area contributed by atoms with Crippen LogP contribution in [0.15, 0.2) is 34.1 Å². The van der Waals surface area contributed by atoms with Crippen molar-refractivity contribution in [3.8, 4) is 0 Å². The van der Waals surface area contributed by atoms with Crippen LogP contribution in [0.5, 0.6) is 0 Å². The summed E-state index contributed by atoms with van der Waals surface area (Å²) < 4.78 is 0.812. The molecule has 3 nitrogen and oxygen atoms in total. The highest BCUT2D eigenvalue weighted by Crippen LogP contribution is 2.24. The molecule has 0 atom stereocenters. The van der Waals surface area contributed by atoms with E-state index >= 15 is 0 Å². The number of thiazole rings is 1. The average Bonchev–Trinajstić information content (AvgIpc) is 2.88. The van der Waals surface area contributed by atoms with Crippen LogP contribution < -0.4 is 5.32 Å². The van der Waals surface area contributed by atoms with Gasteiger partial charge < -0.3 is 5.32 Å². The van der Waals surface area contributed by atoms with Crippen molar-refractivity contribution in [1.29, 1.82) is 0 Å². The minimum atomic E-state index is -0.0601. The maximum absolute atomic E-state index is 12.1. The number of nitrogens with zero attached hydrogens (tertiary/aromatic N) is 1. The molecule has 0 aliphatic carbocycles. The second-order valence-corrected chi connectivity index (χ2v) is 7.66. The van der Waals surface area contributed by atoms with Crippen LogP contribution in [-0.2, 0) is 11.8 Å². The van der Waals surface area contributed by atoms with Gasteiger partial charge in [-0.3, -0.25) is 4.79 Å². The SMILES string of the molecule is CC(C)(C)c1csc(CCNC(=O)c2ccccc2Br)n1. The second-order valence-electron chi connectivity index (χ2n) is 5.86. The standard InChI is InChI=1S/C16H19BrN2OS/c1-16(2,3)13-10-21-14(19-13)8-9-18-15(20)11-6-4-5-7-12(11)17/h4-7,10H,8-9H2,1-3H3,(H,18,20). The number of carbonyl (C=O) groups is 1. The molecule has 1 amide bonds. The number of halogens is 1. The summed E-state index contributed by atoms with van der Waals surface area (Å²) in [5.74, 6) is -0.0601. The van der Waals surface area contributed by atoms with Gasteiger partial charge in [-0.05, 0) is 28.1 Å². The second kappa shape index (κ2) is 6.71. The Bertz CT molecular complexity index is 631. The number of amides is 1. The maximum Gasteiger partial charge on any atom is 0.252 e. The molecule has 0 saturated carbocycles. The van der Waals surface area contributed by atoms with Gasteiger partial charge in [0.15, 0.2) is 0 Å². The molecule has 0 aliphatic rings. The van der Waals surface area contributed by atoms with Gasteiger partial charge in [0.05, 0.1) is 16.3 Å². The lowest BCUT2D eigenvalue weighted by Gasteiger charge is -2.14. The fraction of sp³-hybridized carbons (Fsp3) is 0.375. The Kier molecular flexibility index (Phi) is 5.17. The van der Waals surface area contributed by atoms with Gasteiger partial charge in [0.2, 0.25) is 0 Å². The molecule has 21 heavy (non-hydrogen) atoms. The molecule has 0 unspecified atom stereocenters. The summed E-state index contributed by atoms with van der Waals surface area (Å²) in [4.78, 5) is 16.7. The molecule has 2 rings (SSSR count). The predicted molar refractivity (Wildman–Crippen MR) is 91.0 cm³/mol. The van der Waals surface area contributed by atoms with E-state index in [1.807, 2.05) is 18.2 Å². The van der Waals surface area contributed by atoms with Crippen molar-refractivity contribution >= 4 is 33.2 Å². The highest BCUT2D eigenvalue weighted by Gasteiger charge is 2.17. The number of benzene rings is 1. The lowest BCUT2D eigenvalue weighted by atomic mass is 9.93. The van der Waals surface area contributed by atoms with E-state index in [1.165, 1.54) is 0 Å². The average molecular weight is 367 g/mol. The Morgan fingerprint density at radius 2 is 2.05 bits per heavy atom. The predicted octanol–water partition coefficient (Wildman–Crippen LogP) is 4.18. The molecule has 1 heterocycles. The number of carbonyl (C=O) groups excluding carboxylic acids is 1. The van der Waals surface area contributed by atoms with Crippen LogP contribution in [0.25, 0.3) is 0 Å². The number of nitrogens with one attached hydrogen (secondary N) is 1. The van der Waals surface area contributed by atoms with Gasteiger partial charge in [-0.1, -0.05) is 32.9 Å². The van der Waals surface area contributed by atoms with Crippen molar-refractivity contribution < 1.29 is 4.79 Å². The van der Waals surface area contributed by atoms with E-state index in [-0.39, 0.29) is 11.3 Å². The Balaban J connectivity index is 1.89. The van der Waals surface area contributed by atoms with E-state index < -0.39 is 0 Å². The van der Waals surface area contributed by atoms with Gasteiger partial charge in [0, 0.05) is 28.2 Å². The summed E-state index contributed by atoms with van der Waals surface area (Å²) in [5.41, 5.74) is 1.85. The summed E-state index contributed by atoms with van der Waals surface area (Å²) in [7, 11) is 0. The lowest BCUT2D eigenvalue weighted by Crippen LogP contribution is -2.26. The summed E-state index contributed by atoms with van der Waals surface area (Å²) in [6.45, 7) is 7.05. The van der Waals surface area contributed by atoms with Gasteiger partial charge in [-0.25, -0.2) is 4.98 Å². The number of rotatable bonds is 4. The first-order chi connectivity index (χ1) is 9.88. The Labute approximate surface area is 137 Å². The van der Waals surface area contributed by atoms with Crippen LogP contribution in [0.1, 0.15) is 41.8 Å². The van der Waals surface area contributed by atoms with Gasteiger partial charge in [0.1, 0.15) is 0 Å². The first-order valence-electron chi connectivity index (χ1n) is 6.85. The molecule has 1 aromatic carbocycles. The normalized spacial score (nSPS) is 11.4. The van der Waals surface area contributed by atoms with E-state index in [0.717, 1.165) is 21.6 Å². The number of hydrogen-bond donors (Lipinski definition) is 1. The van der Waals surface area contributed by atoms with Crippen molar-refractivity contribution in [3.63, 3.8) is 0 Å². The molecule has 0 radical (unpaired) electrons. The molecule has 2 aromatic rings. The molecule has 112 valence electrons. The van der Waals surface area contributed by atoms with E-state index in [4.69, 9.17) is 0 Å². The Morgan fingerprint density at radius 1 is 1.33 bits per heavy atom. The van der Waals surface area contributed by atoms with Crippen molar-refractivity contribution in [2.75, 3.05) is 6.54 Å². The van der Waals surface area contributed by atoms with E-state index in [1.54, 1.807) is 17.4 Å². The molecular formula is C16H19BrN2OS. The third kappa shape index (κ3) is 4.38. The van der Waals surface area contributed by atoms with Gasteiger partial charge in [-0.2, -0.15) is 0 Å². The van der Waals surface area contributed by atoms with Crippen molar-refractivity contribution in [2.45, 2.75) is 32.6 Å². The van der Waals surface area contributed by atoms with Gasteiger partial charge in [0.25, 0.3) is 5.91 Å². The van der Waals surface area contributed by atoms with Crippen LogP contribution in [0, 0.1) is 0 Å². The molecule has 0 spiro atoms. The molecule has 5 heteroatoms. The number of aromatic nitrogens is 1. The maximum atomic E-state index is 12.1. The monoisotopic (exact) mass is 366 g/mol. The Morgan fingerprint density at radius 3 is 2.67 bits per heavy atom. The minimum Gasteiger partial charge on any atom is -0.352 e. The molecule has 1 N–H and O–H groups in total. The largest absolute Gasteiger partial charge is 0.352 e. The Hall–Kier alpha value is -1.20. The van der Waals surface area contributed by atoms with Gasteiger partial charge >= 0.3 is 0 Å². The third-order valence-corrected chi connectivity index (χ3v) is 4.66. The first-order valence-corrected chi connectivity index (χ1v) is 8.53. The zero-order valence-corrected chi connectivity index (χ0v) is 14.8. The van der Waals surface area contributed by atoms with Crippen LogP contribution in [0.4, 0.5) is 0 Å². The highest BCUT2D eigenvalue weighted by molar-refractivity contribution is 9.10.